The standard InChI is InChI=1S/C17H33N3O/c1-3-7-18-15-6-9-19(14(2)10-15)11-17-12-20-8-4-5-16(20)13-21-17/h14-18H,3-13H2,1-2H3. The fourth-order valence-corrected chi connectivity index (χ4v) is 4.28. The van der Waals surface area contributed by atoms with Gasteiger partial charge in [-0.25, -0.2) is 0 Å². The molecule has 3 fully saturated rings. The van der Waals surface area contributed by atoms with Gasteiger partial charge in [0, 0.05) is 37.8 Å². The van der Waals surface area contributed by atoms with Crippen LogP contribution in [0.15, 0.2) is 0 Å². The Bertz CT molecular complexity index is 325. The van der Waals surface area contributed by atoms with E-state index >= 15 is 0 Å². The second kappa shape index (κ2) is 7.40. The Balaban J connectivity index is 1.43. The van der Waals surface area contributed by atoms with Crippen molar-refractivity contribution in [3.63, 3.8) is 0 Å². The summed E-state index contributed by atoms with van der Waals surface area (Å²) < 4.78 is 6.14. The topological polar surface area (TPSA) is 27.7 Å². The lowest BCUT2D eigenvalue weighted by atomic mass is 9.97. The molecular weight excluding hydrogens is 262 g/mol. The van der Waals surface area contributed by atoms with Gasteiger partial charge in [-0.05, 0) is 52.1 Å². The first-order valence-electron chi connectivity index (χ1n) is 9.09. The van der Waals surface area contributed by atoms with Crippen molar-refractivity contribution in [2.75, 3.05) is 39.3 Å². The van der Waals surface area contributed by atoms with Gasteiger partial charge in [0.25, 0.3) is 0 Å². The highest BCUT2D eigenvalue weighted by Crippen LogP contribution is 2.24. The second-order valence-electron chi connectivity index (χ2n) is 7.27. The van der Waals surface area contributed by atoms with E-state index in [9.17, 15) is 0 Å². The maximum absolute atomic E-state index is 6.14. The van der Waals surface area contributed by atoms with Gasteiger partial charge in [0.2, 0.25) is 0 Å². The van der Waals surface area contributed by atoms with E-state index in [-0.39, 0.29) is 0 Å². The number of nitrogens with one attached hydrogen (secondary N) is 1. The molecule has 3 aliphatic heterocycles. The Labute approximate surface area is 130 Å². The molecule has 122 valence electrons. The summed E-state index contributed by atoms with van der Waals surface area (Å²) >= 11 is 0. The van der Waals surface area contributed by atoms with Crippen LogP contribution in [0.5, 0.6) is 0 Å². The van der Waals surface area contributed by atoms with Crippen LogP contribution in [0.4, 0.5) is 0 Å². The van der Waals surface area contributed by atoms with E-state index in [0.717, 1.165) is 31.8 Å². The zero-order valence-corrected chi connectivity index (χ0v) is 13.9. The minimum absolute atomic E-state index is 0.432. The van der Waals surface area contributed by atoms with Gasteiger partial charge < -0.3 is 10.1 Å². The molecule has 0 spiro atoms. The van der Waals surface area contributed by atoms with E-state index in [1.165, 1.54) is 51.7 Å². The lowest BCUT2D eigenvalue weighted by molar-refractivity contribution is -0.0683. The van der Waals surface area contributed by atoms with Crippen LogP contribution >= 0.6 is 0 Å². The van der Waals surface area contributed by atoms with Gasteiger partial charge in [0.1, 0.15) is 0 Å². The van der Waals surface area contributed by atoms with Gasteiger partial charge in [-0.15, -0.1) is 0 Å². The Morgan fingerprint density at radius 1 is 1.24 bits per heavy atom. The number of ether oxygens (including phenoxy) is 1. The molecule has 4 unspecified atom stereocenters. The van der Waals surface area contributed by atoms with Crippen molar-refractivity contribution in [2.45, 2.75) is 70.2 Å². The van der Waals surface area contributed by atoms with E-state index in [1.807, 2.05) is 0 Å². The molecule has 0 bridgehead atoms. The highest BCUT2D eigenvalue weighted by atomic mass is 16.5. The van der Waals surface area contributed by atoms with Crippen molar-refractivity contribution in [3.05, 3.63) is 0 Å². The summed E-state index contributed by atoms with van der Waals surface area (Å²) in [5.41, 5.74) is 0. The summed E-state index contributed by atoms with van der Waals surface area (Å²) in [6.07, 6.45) is 6.97. The first kappa shape index (κ1) is 15.7. The fraction of sp³-hybridized carbons (Fsp3) is 1.00. The number of hydrogen-bond donors (Lipinski definition) is 1. The Hall–Kier alpha value is -0.160. The first-order chi connectivity index (χ1) is 10.3. The van der Waals surface area contributed by atoms with Gasteiger partial charge in [-0.2, -0.15) is 0 Å². The zero-order valence-electron chi connectivity index (χ0n) is 13.9. The van der Waals surface area contributed by atoms with Gasteiger partial charge in [0.15, 0.2) is 0 Å². The molecule has 3 heterocycles. The molecule has 0 aliphatic carbocycles. The molecular formula is C17H33N3O. The number of nitrogens with zero attached hydrogens (tertiary/aromatic N) is 2. The first-order valence-corrected chi connectivity index (χ1v) is 9.09. The number of rotatable bonds is 5. The zero-order chi connectivity index (χ0) is 14.7. The van der Waals surface area contributed by atoms with E-state index in [2.05, 4.69) is 29.0 Å². The maximum Gasteiger partial charge on any atom is 0.0829 e. The van der Waals surface area contributed by atoms with Gasteiger partial charge in [0.05, 0.1) is 12.7 Å². The number of hydrogen-bond acceptors (Lipinski definition) is 4. The number of piperidine rings is 1. The largest absolute Gasteiger partial charge is 0.374 e. The minimum Gasteiger partial charge on any atom is -0.374 e. The summed E-state index contributed by atoms with van der Waals surface area (Å²) in [7, 11) is 0. The summed E-state index contributed by atoms with van der Waals surface area (Å²) in [6, 6.07) is 2.14. The van der Waals surface area contributed by atoms with E-state index in [0.29, 0.717) is 12.1 Å². The van der Waals surface area contributed by atoms with Crippen LogP contribution < -0.4 is 5.32 Å². The maximum atomic E-state index is 6.14. The smallest absolute Gasteiger partial charge is 0.0829 e. The van der Waals surface area contributed by atoms with Crippen molar-refractivity contribution in [2.24, 2.45) is 0 Å². The van der Waals surface area contributed by atoms with Crippen LogP contribution in [0.1, 0.15) is 46.0 Å². The van der Waals surface area contributed by atoms with Crippen LogP contribution in [0.25, 0.3) is 0 Å². The third-order valence-corrected chi connectivity index (χ3v) is 5.60. The average molecular weight is 295 g/mol. The fourth-order valence-electron chi connectivity index (χ4n) is 4.28. The Morgan fingerprint density at radius 2 is 2.14 bits per heavy atom. The number of likely N-dealkylation sites (tertiary alicyclic amines) is 1. The molecule has 3 rings (SSSR count). The molecule has 0 saturated carbocycles. The summed E-state index contributed by atoms with van der Waals surface area (Å²) in [5.74, 6) is 0. The Kier molecular flexibility index (Phi) is 5.54. The molecule has 0 aromatic heterocycles. The van der Waals surface area contributed by atoms with Crippen molar-refractivity contribution < 1.29 is 4.74 Å². The molecule has 4 atom stereocenters. The molecule has 0 aromatic carbocycles. The molecule has 4 nitrogen and oxygen atoms in total. The summed E-state index contributed by atoms with van der Waals surface area (Å²) in [5, 5.41) is 3.69. The SMILES string of the molecule is CCCNC1CCN(CC2CN3CCCC3CO2)C(C)C1. The Morgan fingerprint density at radius 3 is 2.95 bits per heavy atom. The van der Waals surface area contributed by atoms with Crippen LogP contribution in [-0.2, 0) is 4.74 Å². The lowest BCUT2D eigenvalue weighted by Crippen LogP contribution is -2.54. The molecule has 4 heteroatoms. The van der Waals surface area contributed by atoms with Crippen molar-refractivity contribution in [1.82, 2.24) is 15.1 Å². The molecule has 0 aromatic rings. The number of morpholine rings is 1. The van der Waals surface area contributed by atoms with Crippen molar-refractivity contribution in [3.8, 4) is 0 Å². The van der Waals surface area contributed by atoms with Gasteiger partial charge in [-0.3, -0.25) is 9.80 Å². The monoisotopic (exact) mass is 295 g/mol. The van der Waals surface area contributed by atoms with Crippen LogP contribution in [0, 0.1) is 0 Å². The summed E-state index contributed by atoms with van der Waals surface area (Å²) in [6.45, 7) is 11.6. The molecule has 3 aliphatic rings. The molecule has 1 N–H and O–H groups in total. The van der Waals surface area contributed by atoms with Crippen LogP contribution in [0.3, 0.4) is 0 Å². The highest BCUT2D eigenvalue weighted by molar-refractivity contribution is 4.89. The second-order valence-corrected chi connectivity index (χ2v) is 7.27. The van der Waals surface area contributed by atoms with E-state index in [4.69, 9.17) is 4.74 Å². The number of fused-ring (bicyclic) bond motifs is 1. The third kappa shape index (κ3) is 3.98. The van der Waals surface area contributed by atoms with Gasteiger partial charge in [-0.1, -0.05) is 6.92 Å². The normalized spacial score (nSPS) is 38.6. The molecule has 0 radical (unpaired) electrons. The lowest BCUT2D eigenvalue weighted by Gasteiger charge is -2.42. The summed E-state index contributed by atoms with van der Waals surface area (Å²) in [4.78, 5) is 5.32. The predicted octanol–water partition coefficient (Wildman–Crippen LogP) is 1.70. The molecule has 21 heavy (non-hydrogen) atoms. The van der Waals surface area contributed by atoms with Crippen LogP contribution in [0.2, 0.25) is 0 Å². The van der Waals surface area contributed by atoms with E-state index in [1.54, 1.807) is 0 Å². The molecule has 0 amide bonds. The molecule has 3 saturated heterocycles. The predicted molar refractivity (Wildman–Crippen MR) is 86.7 cm³/mol. The third-order valence-electron chi connectivity index (χ3n) is 5.60. The van der Waals surface area contributed by atoms with E-state index < -0.39 is 0 Å². The average Bonchev–Trinajstić information content (AvgIpc) is 2.95. The van der Waals surface area contributed by atoms with Crippen molar-refractivity contribution >= 4 is 0 Å². The van der Waals surface area contributed by atoms with Crippen LogP contribution in [-0.4, -0.2) is 73.4 Å². The van der Waals surface area contributed by atoms with Crippen molar-refractivity contribution in [1.29, 1.82) is 0 Å². The highest BCUT2D eigenvalue weighted by Gasteiger charge is 2.34. The minimum atomic E-state index is 0.432. The quantitative estimate of drug-likeness (QED) is 0.835. The van der Waals surface area contributed by atoms with Gasteiger partial charge >= 0.3 is 0 Å².